The molecule has 0 spiro atoms. The van der Waals surface area contributed by atoms with E-state index >= 15 is 0 Å². The van der Waals surface area contributed by atoms with E-state index < -0.39 is 7.26 Å². The Balaban J connectivity index is 2.19. The van der Waals surface area contributed by atoms with E-state index in [-0.39, 0.29) is 0 Å². The van der Waals surface area contributed by atoms with E-state index in [1.165, 1.54) is 70.6 Å². The number of benzene rings is 3. The van der Waals surface area contributed by atoms with Gasteiger partial charge in [-0.25, -0.2) is 0 Å². The van der Waals surface area contributed by atoms with Crippen LogP contribution in [0.1, 0.15) is 96.8 Å². The van der Waals surface area contributed by atoms with Gasteiger partial charge in [-0.15, -0.1) is 0 Å². The molecular weight excluding hydrogens is 691 g/mol. The molecule has 53 heavy (non-hydrogen) atoms. The lowest BCUT2D eigenvalue weighted by atomic mass is 10.0. The largest absolute Gasteiger partial charge is 0.496 e. The topological polar surface area (TPSA) is 83.1 Å². The van der Waals surface area contributed by atoms with Gasteiger partial charge >= 0.3 is 0 Å². The van der Waals surface area contributed by atoms with Crippen molar-refractivity contribution in [3.8, 4) is 51.7 Å². The van der Waals surface area contributed by atoms with Crippen molar-refractivity contribution < 1.29 is 42.6 Å². The quantitative estimate of drug-likeness (QED) is 0.0558. The highest BCUT2D eigenvalue weighted by Gasteiger charge is 2.57. The van der Waals surface area contributed by atoms with E-state index in [9.17, 15) is 0 Å². The minimum atomic E-state index is -2.97. The van der Waals surface area contributed by atoms with Crippen LogP contribution in [-0.2, 0) is 0 Å². The predicted octanol–water partition coefficient (Wildman–Crippen LogP) is 9.54. The molecule has 0 heterocycles. The lowest BCUT2D eigenvalue weighted by Gasteiger charge is -2.33. The third-order valence-corrected chi connectivity index (χ3v) is 14.7. The van der Waals surface area contributed by atoms with E-state index in [4.69, 9.17) is 42.6 Å². The van der Waals surface area contributed by atoms with Crippen molar-refractivity contribution in [2.75, 3.05) is 70.2 Å². The molecule has 0 fully saturated rings. The maximum atomic E-state index is 6.24. The number of hydrogen-bond donors (Lipinski definition) is 0. The zero-order chi connectivity index (χ0) is 38.6. The first kappa shape index (κ1) is 43.7. The summed E-state index contributed by atoms with van der Waals surface area (Å²) in [5.41, 5.74) is 0. The molecule has 0 unspecified atom stereocenters. The van der Waals surface area contributed by atoms with E-state index in [2.05, 4.69) is 6.92 Å². The Morgan fingerprint density at radius 3 is 0.755 bits per heavy atom. The molecule has 3 aromatic rings. The van der Waals surface area contributed by atoms with Crippen molar-refractivity contribution in [2.24, 2.45) is 0 Å². The second-order valence-electron chi connectivity index (χ2n) is 13.3. The van der Waals surface area contributed by atoms with Crippen LogP contribution in [0.5, 0.6) is 51.7 Å². The van der Waals surface area contributed by atoms with Crippen LogP contribution in [-0.4, -0.2) is 70.2 Å². The molecule has 10 heteroatoms. The van der Waals surface area contributed by atoms with Crippen molar-refractivity contribution in [1.82, 2.24) is 0 Å². The summed E-state index contributed by atoms with van der Waals surface area (Å²) in [5.74, 6) is 5.50. The molecule has 0 saturated carbocycles. The van der Waals surface area contributed by atoms with E-state index in [1.54, 1.807) is 64.0 Å². The van der Waals surface area contributed by atoms with Crippen molar-refractivity contribution in [2.45, 2.75) is 96.8 Å². The molecule has 296 valence electrons. The molecular formula is C43H66O9P+. The summed E-state index contributed by atoms with van der Waals surface area (Å²) < 4.78 is 54.6. The molecule has 9 nitrogen and oxygen atoms in total. The SMILES string of the molecule is CCCCCCCCCCCCCCCC[P+](c1c(OC)cc(OC)cc1OC)(c1c(OC)cc(OC)cc1OC)c1c(OC)cc(OC)cc1OC. The Labute approximate surface area is 320 Å². The van der Waals surface area contributed by atoms with Crippen LogP contribution in [0.15, 0.2) is 36.4 Å². The fourth-order valence-corrected chi connectivity index (χ4v) is 12.5. The Kier molecular flexibility index (Phi) is 19.1. The number of ether oxygens (including phenoxy) is 9. The second kappa shape index (κ2) is 23.2. The second-order valence-corrected chi connectivity index (χ2v) is 16.7. The van der Waals surface area contributed by atoms with Gasteiger partial charge in [0.25, 0.3) is 0 Å². The van der Waals surface area contributed by atoms with Crippen LogP contribution in [0.3, 0.4) is 0 Å². The molecule has 0 amide bonds. The highest BCUT2D eigenvalue weighted by atomic mass is 31.2. The van der Waals surface area contributed by atoms with Crippen molar-refractivity contribution in [1.29, 1.82) is 0 Å². The Morgan fingerprint density at radius 1 is 0.321 bits per heavy atom. The highest BCUT2D eigenvalue weighted by Crippen LogP contribution is 2.66. The van der Waals surface area contributed by atoms with E-state index in [0.717, 1.165) is 35.2 Å². The molecule has 0 aliphatic carbocycles. The van der Waals surface area contributed by atoms with E-state index in [1.807, 2.05) is 36.4 Å². The number of unbranched alkanes of at least 4 members (excludes halogenated alkanes) is 13. The van der Waals surface area contributed by atoms with Crippen molar-refractivity contribution in [3.63, 3.8) is 0 Å². The third-order valence-electron chi connectivity index (χ3n) is 10.1. The van der Waals surface area contributed by atoms with Crippen LogP contribution >= 0.6 is 7.26 Å². The van der Waals surface area contributed by atoms with Gasteiger partial charge in [-0.2, -0.15) is 0 Å². The van der Waals surface area contributed by atoms with E-state index in [0.29, 0.717) is 57.9 Å². The van der Waals surface area contributed by atoms with Gasteiger partial charge in [-0.05, 0) is 12.8 Å². The number of hydrogen-bond acceptors (Lipinski definition) is 9. The molecule has 0 N–H and O–H groups in total. The smallest absolute Gasteiger partial charge is 0.188 e. The standard InChI is InChI=1S/C43H66O9P/c1-11-12-13-14-15-16-17-18-19-20-21-22-23-24-25-53(41-35(47-5)26-32(44-2)27-36(41)48-6,42-37(49-7)28-33(45-3)29-38(42)50-8)43-39(51-9)30-34(46-4)31-40(43)52-10/h26-31H,11-25H2,1-10H3/q+1. The van der Waals surface area contributed by atoms with Gasteiger partial charge in [-0.1, -0.05) is 84.0 Å². The third kappa shape index (κ3) is 10.9. The van der Waals surface area contributed by atoms with Gasteiger partial charge in [-0.3, -0.25) is 0 Å². The molecule has 0 aliphatic heterocycles. The van der Waals surface area contributed by atoms with Crippen molar-refractivity contribution >= 4 is 23.2 Å². The highest BCUT2D eigenvalue weighted by molar-refractivity contribution is 7.96. The van der Waals surface area contributed by atoms with Crippen LogP contribution in [0.4, 0.5) is 0 Å². The predicted molar refractivity (Wildman–Crippen MR) is 219 cm³/mol. The maximum absolute atomic E-state index is 6.24. The molecule has 3 rings (SSSR count). The van der Waals surface area contributed by atoms with Gasteiger partial charge in [0.2, 0.25) is 0 Å². The van der Waals surface area contributed by atoms with Gasteiger partial charge < -0.3 is 42.6 Å². The zero-order valence-corrected chi connectivity index (χ0v) is 35.1. The monoisotopic (exact) mass is 757 g/mol. The van der Waals surface area contributed by atoms with Crippen molar-refractivity contribution in [3.05, 3.63) is 36.4 Å². The fourth-order valence-electron chi connectivity index (χ4n) is 7.30. The first-order valence-corrected chi connectivity index (χ1v) is 21.1. The average molecular weight is 758 g/mol. The first-order valence-electron chi connectivity index (χ1n) is 19.2. The Hall–Kier alpha value is -3.71. The molecule has 3 aromatic carbocycles. The Morgan fingerprint density at radius 2 is 0.547 bits per heavy atom. The summed E-state index contributed by atoms with van der Waals surface area (Å²) in [4.78, 5) is 0. The molecule has 0 aliphatic rings. The van der Waals surface area contributed by atoms with Gasteiger partial charge in [0, 0.05) is 36.4 Å². The summed E-state index contributed by atoms with van der Waals surface area (Å²) in [6.45, 7) is 2.28. The van der Waals surface area contributed by atoms with Gasteiger partial charge in [0.15, 0.2) is 50.4 Å². The molecule has 0 radical (unpaired) electrons. The molecule has 0 atom stereocenters. The van der Waals surface area contributed by atoms with Gasteiger partial charge in [0.1, 0.15) is 24.5 Å². The summed E-state index contributed by atoms with van der Waals surface area (Å²) in [5, 5.41) is 2.59. The first-order chi connectivity index (χ1) is 25.9. The molecule has 0 bridgehead atoms. The van der Waals surface area contributed by atoms with Gasteiger partial charge in [0.05, 0.1) is 70.2 Å². The lowest BCUT2D eigenvalue weighted by molar-refractivity contribution is 0.378. The summed E-state index contributed by atoms with van der Waals surface area (Å²) in [6.07, 6.45) is 18.4. The van der Waals surface area contributed by atoms with Crippen LogP contribution < -0.4 is 58.5 Å². The minimum absolute atomic E-state index is 0.611. The minimum Gasteiger partial charge on any atom is -0.496 e. The summed E-state index contributed by atoms with van der Waals surface area (Å²) >= 11 is 0. The number of methoxy groups -OCH3 is 9. The fraction of sp³-hybridized carbons (Fsp3) is 0.581. The Bertz CT molecular complexity index is 1300. The van der Waals surface area contributed by atoms with Crippen LogP contribution in [0.2, 0.25) is 0 Å². The normalized spacial score (nSPS) is 11.2. The summed E-state index contributed by atoms with van der Waals surface area (Å²) in [6, 6.07) is 11.4. The molecule has 0 saturated heterocycles. The summed E-state index contributed by atoms with van der Waals surface area (Å²) in [7, 11) is 12.0. The maximum Gasteiger partial charge on any atom is 0.188 e. The van der Waals surface area contributed by atoms with Crippen LogP contribution in [0.25, 0.3) is 0 Å². The average Bonchev–Trinajstić information content (AvgIpc) is 3.20. The number of rotatable bonds is 27. The zero-order valence-electron chi connectivity index (χ0n) is 34.2. The van der Waals surface area contributed by atoms with Crippen LogP contribution in [0, 0.1) is 0 Å². The lowest BCUT2D eigenvalue weighted by Crippen LogP contribution is -2.38. The molecule has 0 aromatic heterocycles.